The van der Waals surface area contributed by atoms with Crippen LogP contribution in [0.5, 0.6) is 0 Å². The van der Waals surface area contributed by atoms with Crippen molar-refractivity contribution in [2.75, 3.05) is 26.2 Å². The minimum absolute atomic E-state index is 0.248. The van der Waals surface area contributed by atoms with Crippen molar-refractivity contribution in [3.63, 3.8) is 0 Å². The van der Waals surface area contributed by atoms with Crippen LogP contribution in [0.1, 0.15) is 72.1 Å². The van der Waals surface area contributed by atoms with Gasteiger partial charge < -0.3 is 24.5 Å². The molecule has 4 heterocycles. The second-order valence-corrected chi connectivity index (χ2v) is 11.2. The molecule has 36 heavy (non-hydrogen) atoms. The van der Waals surface area contributed by atoms with Crippen LogP contribution in [-0.4, -0.2) is 110 Å². The van der Waals surface area contributed by atoms with Crippen LogP contribution in [0, 0.1) is 0 Å². The first-order valence-electron chi connectivity index (χ1n) is 13.1. The molecule has 4 fully saturated rings. The summed E-state index contributed by atoms with van der Waals surface area (Å²) >= 11 is 0. The van der Waals surface area contributed by atoms with Gasteiger partial charge in [-0.25, -0.2) is 9.59 Å². The van der Waals surface area contributed by atoms with Gasteiger partial charge in [0.15, 0.2) is 0 Å². The van der Waals surface area contributed by atoms with Crippen molar-refractivity contribution >= 4 is 29.8 Å². The fourth-order valence-corrected chi connectivity index (χ4v) is 6.00. The third kappa shape index (κ3) is 5.15. The van der Waals surface area contributed by atoms with E-state index in [2.05, 4.69) is 0 Å². The molecular weight excluding hydrogens is 468 g/mol. The molecule has 0 aromatic heterocycles. The second-order valence-electron chi connectivity index (χ2n) is 11.2. The number of rotatable bonds is 4. The molecule has 0 saturated carbocycles. The molecule has 0 unspecified atom stereocenters. The lowest BCUT2D eigenvalue weighted by molar-refractivity contribution is -0.154. The van der Waals surface area contributed by atoms with Gasteiger partial charge in [0, 0.05) is 26.2 Å². The molecule has 11 nitrogen and oxygen atoms in total. The molecular formula is C25H38N4O7. The quantitative estimate of drug-likeness (QED) is 0.611. The molecule has 0 radical (unpaired) electrons. The molecule has 11 heteroatoms. The minimum atomic E-state index is -1.02. The van der Waals surface area contributed by atoms with Gasteiger partial charge in [0.2, 0.25) is 17.7 Å². The summed E-state index contributed by atoms with van der Waals surface area (Å²) in [5.41, 5.74) is -0.675. The summed E-state index contributed by atoms with van der Waals surface area (Å²) in [6, 6.07) is -2.88. The van der Waals surface area contributed by atoms with Crippen molar-refractivity contribution in [2.45, 2.75) is 102 Å². The Balaban J connectivity index is 1.46. The first-order chi connectivity index (χ1) is 17.0. The highest BCUT2D eigenvalue weighted by Gasteiger charge is 2.47. The topological polar surface area (TPSA) is 128 Å². The predicted octanol–water partition coefficient (Wildman–Crippen LogP) is 1.44. The van der Waals surface area contributed by atoms with E-state index in [1.54, 1.807) is 30.6 Å². The Hall–Kier alpha value is -2.85. The van der Waals surface area contributed by atoms with Crippen LogP contribution in [0.15, 0.2) is 0 Å². The van der Waals surface area contributed by atoms with Crippen LogP contribution in [0.3, 0.4) is 0 Å². The van der Waals surface area contributed by atoms with Crippen LogP contribution in [0.4, 0.5) is 4.79 Å². The molecule has 4 rings (SSSR count). The Morgan fingerprint density at radius 2 is 0.944 bits per heavy atom. The largest absolute Gasteiger partial charge is 0.480 e. The monoisotopic (exact) mass is 506 g/mol. The number of likely N-dealkylation sites (tertiary alicyclic amines) is 4. The zero-order valence-corrected chi connectivity index (χ0v) is 21.5. The van der Waals surface area contributed by atoms with Crippen LogP contribution in [0.25, 0.3) is 0 Å². The summed E-state index contributed by atoms with van der Waals surface area (Å²) in [5, 5.41) is 9.49. The molecule has 4 amide bonds. The smallest absolute Gasteiger partial charge is 0.410 e. The standard InChI is InChI=1S/C25H38N4O7/c1-25(2,3)36-24(35)29-15-6-10-18(29)22(32)27-13-4-8-16(27)20(30)26-12-5-9-17(26)21(31)28-14-7-11-19(28)23(33)34/h16-19H,4-15H2,1-3H3,(H,33,34)/t16-,17-,18-,19-/m0/s1. The molecule has 0 spiro atoms. The number of nitrogens with zero attached hydrogens (tertiary/aromatic N) is 4. The average Bonchev–Trinajstić information content (AvgIpc) is 3.62. The molecule has 1 N–H and O–H groups in total. The fourth-order valence-electron chi connectivity index (χ4n) is 6.00. The van der Waals surface area contributed by atoms with Gasteiger partial charge in [0.05, 0.1) is 0 Å². The van der Waals surface area contributed by atoms with Gasteiger partial charge in [-0.3, -0.25) is 19.3 Å². The molecule has 200 valence electrons. The lowest BCUT2D eigenvalue weighted by Gasteiger charge is -2.35. The molecule has 4 saturated heterocycles. The van der Waals surface area contributed by atoms with Crippen molar-refractivity contribution in [3.05, 3.63) is 0 Å². The third-order valence-corrected chi connectivity index (χ3v) is 7.63. The van der Waals surface area contributed by atoms with Crippen LogP contribution in [0.2, 0.25) is 0 Å². The highest BCUT2D eigenvalue weighted by molar-refractivity contribution is 5.95. The Bertz CT molecular complexity index is 917. The van der Waals surface area contributed by atoms with Gasteiger partial charge in [-0.15, -0.1) is 0 Å². The van der Waals surface area contributed by atoms with E-state index in [1.165, 1.54) is 9.80 Å². The third-order valence-electron chi connectivity index (χ3n) is 7.63. The van der Waals surface area contributed by atoms with E-state index in [-0.39, 0.29) is 17.7 Å². The van der Waals surface area contributed by atoms with Crippen molar-refractivity contribution in [1.82, 2.24) is 19.6 Å². The summed E-state index contributed by atoms with van der Waals surface area (Å²) in [7, 11) is 0. The van der Waals surface area contributed by atoms with E-state index in [1.807, 2.05) is 0 Å². The number of aliphatic carboxylic acids is 1. The maximum absolute atomic E-state index is 13.7. The maximum atomic E-state index is 13.7. The number of ether oxygens (including phenoxy) is 1. The first kappa shape index (κ1) is 26.2. The van der Waals surface area contributed by atoms with E-state index in [9.17, 15) is 29.1 Å². The second kappa shape index (κ2) is 10.3. The normalized spacial score (nSPS) is 28.6. The lowest BCUT2D eigenvalue weighted by Crippen LogP contribution is -2.57. The fraction of sp³-hybridized carbons (Fsp3) is 0.800. The van der Waals surface area contributed by atoms with Crippen molar-refractivity contribution in [2.24, 2.45) is 0 Å². The Kier molecular flexibility index (Phi) is 7.47. The molecule has 4 aliphatic rings. The number of hydrogen-bond acceptors (Lipinski definition) is 6. The van der Waals surface area contributed by atoms with E-state index in [4.69, 9.17) is 4.74 Å². The van der Waals surface area contributed by atoms with Crippen LogP contribution in [-0.2, 0) is 23.9 Å². The Labute approximate surface area is 211 Å². The number of carboxylic acids is 1. The molecule has 0 aromatic carbocycles. The summed E-state index contributed by atoms with van der Waals surface area (Å²) in [4.78, 5) is 70.8. The zero-order valence-electron chi connectivity index (χ0n) is 21.5. The van der Waals surface area contributed by atoms with E-state index < -0.39 is 41.8 Å². The van der Waals surface area contributed by atoms with Gasteiger partial charge in [-0.05, 0) is 72.1 Å². The van der Waals surface area contributed by atoms with Gasteiger partial charge >= 0.3 is 12.1 Å². The zero-order chi connectivity index (χ0) is 26.2. The molecule has 4 aliphatic heterocycles. The molecule has 0 bridgehead atoms. The van der Waals surface area contributed by atoms with Crippen molar-refractivity contribution < 1.29 is 33.8 Å². The number of carbonyl (C=O) groups is 5. The van der Waals surface area contributed by atoms with Gasteiger partial charge in [-0.1, -0.05) is 0 Å². The molecule has 4 atom stereocenters. The summed E-state index contributed by atoms with van der Waals surface area (Å²) in [5.74, 6) is -1.84. The van der Waals surface area contributed by atoms with Gasteiger partial charge in [0.25, 0.3) is 0 Å². The summed E-state index contributed by atoms with van der Waals surface area (Å²) < 4.78 is 5.49. The SMILES string of the molecule is CC(C)(C)OC(=O)N1CCC[C@H]1C(=O)N1CCC[C@H]1C(=O)N1CCC[C@H]1C(=O)N1CCC[C@H]1C(=O)O. The first-order valence-corrected chi connectivity index (χ1v) is 13.1. The highest BCUT2D eigenvalue weighted by atomic mass is 16.6. The van der Waals surface area contributed by atoms with E-state index in [0.717, 1.165) is 0 Å². The summed E-state index contributed by atoms with van der Waals surface area (Å²) in [6.07, 6.45) is 4.04. The summed E-state index contributed by atoms with van der Waals surface area (Å²) in [6.45, 7) is 6.98. The Morgan fingerprint density at radius 1 is 0.611 bits per heavy atom. The highest BCUT2D eigenvalue weighted by Crippen LogP contribution is 2.30. The maximum Gasteiger partial charge on any atom is 0.410 e. The molecule has 0 aliphatic carbocycles. The van der Waals surface area contributed by atoms with E-state index in [0.29, 0.717) is 77.5 Å². The Morgan fingerprint density at radius 3 is 1.33 bits per heavy atom. The van der Waals surface area contributed by atoms with Gasteiger partial charge in [-0.2, -0.15) is 0 Å². The minimum Gasteiger partial charge on any atom is -0.480 e. The van der Waals surface area contributed by atoms with Crippen LogP contribution < -0.4 is 0 Å². The number of carboxylic acid groups (broad SMARTS) is 1. The average molecular weight is 507 g/mol. The van der Waals surface area contributed by atoms with Crippen LogP contribution >= 0.6 is 0 Å². The van der Waals surface area contributed by atoms with Gasteiger partial charge in [0.1, 0.15) is 29.8 Å². The number of amides is 4. The number of carbonyl (C=O) groups excluding carboxylic acids is 4. The van der Waals surface area contributed by atoms with Crippen molar-refractivity contribution in [3.8, 4) is 0 Å². The van der Waals surface area contributed by atoms with Crippen molar-refractivity contribution in [1.29, 1.82) is 0 Å². The molecule has 0 aromatic rings. The lowest BCUT2D eigenvalue weighted by atomic mass is 10.1. The van der Waals surface area contributed by atoms with E-state index >= 15 is 0 Å². The number of hydrogen-bond donors (Lipinski definition) is 1. The predicted molar refractivity (Wildman–Crippen MR) is 128 cm³/mol.